The second-order valence-electron chi connectivity index (χ2n) is 4.85. The number of hydrogen-bond donors (Lipinski definition) is 2. The van der Waals surface area contributed by atoms with Gasteiger partial charge in [0.1, 0.15) is 0 Å². The molecule has 0 spiro atoms. The molecule has 1 rings (SSSR count). The van der Waals surface area contributed by atoms with Crippen molar-refractivity contribution in [3.8, 4) is 0 Å². The lowest BCUT2D eigenvalue weighted by Gasteiger charge is -2.14. The zero-order valence-electron chi connectivity index (χ0n) is 12.2. The minimum absolute atomic E-state index is 0.132. The number of sulfonamides is 1. The maximum Gasteiger partial charge on any atom is 0.328 e. The zero-order valence-corrected chi connectivity index (χ0v) is 13.1. The molecule has 1 unspecified atom stereocenters. The molecule has 0 bridgehead atoms. The first-order valence-corrected chi connectivity index (χ1v) is 8.50. The molecular formula is C15H21NO4S. The second kappa shape index (κ2) is 7.95. The van der Waals surface area contributed by atoms with Crippen LogP contribution in [0.15, 0.2) is 30.3 Å². The molecule has 5 nitrogen and oxygen atoms in total. The highest BCUT2D eigenvalue weighted by Gasteiger charge is 2.14. The van der Waals surface area contributed by atoms with Gasteiger partial charge in [0, 0.05) is 12.1 Å². The van der Waals surface area contributed by atoms with Crippen molar-refractivity contribution in [1.29, 1.82) is 0 Å². The second-order valence-corrected chi connectivity index (χ2v) is 6.72. The van der Waals surface area contributed by atoms with Crippen molar-refractivity contribution in [3.63, 3.8) is 0 Å². The van der Waals surface area contributed by atoms with Crippen LogP contribution < -0.4 is 4.72 Å². The Morgan fingerprint density at radius 1 is 1.33 bits per heavy atom. The topological polar surface area (TPSA) is 83.5 Å². The SMILES string of the molecule is CCCCS(=O)(=O)NC(C)c1ccc(C=CC(=O)O)cc1. The van der Waals surface area contributed by atoms with Gasteiger partial charge in [-0.15, -0.1) is 0 Å². The average molecular weight is 311 g/mol. The third-order valence-electron chi connectivity index (χ3n) is 2.98. The van der Waals surface area contributed by atoms with Crippen molar-refractivity contribution < 1.29 is 18.3 Å². The Bertz CT molecular complexity index is 591. The van der Waals surface area contributed by atoms with E-state index in [0.29, 0.717) is 6.42 Å². The minimum atomic E-state index is -3.26. The molecule has 0 radical (unpaired) electrons. The predicted molar refractivity (Wildman–Crippen MR) is 83.4 cm³/mol. The highest BCUT2D eigenvalue weighted by atomic mass is 32.2. The number of unbranched alkanes of at least 4 members (excludes halogenated alkanes) is 1. The molecule has 0 amide bonds. The summed E-state index contributed by atoms with van der Waals surface area (Å²) in [4.78, 5) is 10.4. The number of aliphatic carboxylic acids is 1. The van der Waals surface area contributed by atoms with Crippen molar-refractivity contribution in [2.75, 3.05) is 5.75 Å². The van der Waals surface area contributed by atoms with Gasteiger partial charge in [0.15, 0.2) is 0 Å². The standard InChI is InChI=1S/C15H21NO4S/c1-3-4-11-21(19,20)16-12(2)14-8-5-13(6-9-14)7-10-15(17)18/h5-10,12,16H,3-4,11H2,1-2H3,(H,17,18). The number of hydrogen-bond acceptors (Lipinski definition) is 3. The molecule has 0 heterocycles. The van der Waals surface area contributed by atoms with Gasteiger partial charge in [-0.3, -0.25) is 0 Å². The van der Waals surface area contributed by atoms with Gasteiger partial charge in [-0.1, -0.05) is 37.6 Å². The van der Waals surface area contributed by atoms with Crippen LogP contribution in [0.2, 0.25) is 0 Å². The maximum atomic E-state index is 11.8. The lowest BCUT2D eigenvalue weighted by Crippen LogP contribution is -2.29. The Labute approximate surface area is 125 Å². The van der Waals surface area contributed by atoms with Gasteiger partial charge in [-0.05, 0) is 30.5 Å². The van der Waals surface area contributed by atoms with Gasteiger partial charge < -0.3 is 5.11 Å². The number of carbonyl (C=O) groups is 1. The van der Waals surface area contributed by atoms with Crippen molar-refractivity contribution >= 4 is 22.1 Å². The average Bonchev–Trinajstić information content (AvgIpc) is 2.43. The highest BCUT2D eigenvalue weighted by Crippen LogP contribution is 2.15. The van der Waals surface area contributed by atoms with Crippen molar-refractivity contribution in [3.05, 3.63) is 41.5 Å². The first-order chi connectivity index (χ1) is 9.84. The molecule has 1 aromatic carbocycles. The third kappa shape index (κ3) is 6.55. The summed E-state index contributed by atoms with van der Waals surface area (Å²) in [5.41, 5.74) is 1.59. The van der Waals surface area contributed by atoms with E-state index in [2.05, 4.69) is 4.72 Å². The molecule has 0 saturated carbocycles. The quantitative estimate of drug-likeness (QED) is 0.723. The first kappa shape index (κ1) is 17.4. The summed E-state index contributed by atoms with van der Waals surface area (Å²) in [6, 6.07) is 6.77. The van der Waals surface area contributed by atoms with Crippen LogP contribution in [0.1, 0.15) is 43.9 Å². The fourth-order valence-electron chi connectivity index (χ4n) is 1.79. The third-order valence-corrected chi connectivity index (χ3v) is 4.52. The molecular weight excluding hydrogens is 290 g/mol. The molecule has 0 aliphatic carbocycles. The van der Waals surface area contributed by atoms with Gasteiger partial charge in [0.25, 0.3) is 0 Å². The summed E-state index contributed by atoms with van der Waals surface area (Å²) in [5, 5.41) is 8.55. The van der Waals surface area contributed by atoms with Crippen molar-refractivity contribution in [2.24, 2.45) is 0 Å². The lowest BCUT2D eigenvalue weighted by atomic mass is 10.1. The monoisotopic (exact) mass is 311 g/mol. The lowest BCUT2D eigenvalue weighted by molar-refractivity contribution is -0.131. The van der Waals surface area contributed by atoms with E-state index in [4.69, 9.17) is 5.11 Å². The van der Waals surface area contributed by atoms with Crippen molar-refractivity contribution in [2.45, 2.75) is 32.7 Å². The molecule has 0 aliphatic heterocycles. The molecule has 6 heteroatoms. The van der Waals surface area contributed by atoms with Gasteiger partial charge in [-0.2, -0.15) is 0 Å². The number of carboxylic acid groups (broad SMARTS) is 1. The Morgan fingerprint density at radius 3 is 2.48 bits per heavy atom. The predicted octanol–water partition coefficient (Wildman–Crippen LogP) is 2.56. The van der Waals surface area contributed by atoms with Crippen LogP contribution >= 0.6 is 0 Å². The van der Waals surface area contributed by atoms with Crippen LogP contribution in [0.5, 0.6) is 0 Å². The molecule has 2 N–H and O–H groups in total. The summed E-state index contributed by atoms with van der Waals surface area (Å²) >= 11 is 0. The fraction of sp³-hybridized carbons (Fsp3) is 0.400. The van der Waals surface area contributed by atoms with E-state index < -0.39 is 16.0 Å². The van der Waals surface area contributed by atoms with Crippen LogP contribution in [0.4, 0.5) is 0 Å². The first-order valence-electron chi connectivity index (χ1n) is 6.85. The molecule has 116 valence electrons. The van der Waals surface area contributed by atoms with Gasteiger partial charge in [-0.25, -0.2) is 17.9 Å². The minimum Gasteiger partial charge on any atom is -0.478 e. The van der Waals surface area contributed by atoms with E-state index in [1.807, 2.05) is 6.92 Å². The fourth-order valence-corrected chi connectivity index (χ4v) is 3.26. The Balaban J connectivity index is 2.71. The van der Waals surface area contributed by atoms with E-state index in [9.17, 15) is 13.2 Å². The summed E-state index contributed by atoms with van der Waals surface area (Å²) in [7, 11) is -3.26. The van der Waals surface area contributed by atoms with E-state index in [1.165, 1.54) is 6.08 Å². The van der Waals surface area contributed by atoms with Gasteiger partial charge in [0.2, 0.25) is 10.0 Å². The zero-order chi connectivity index (χ0) is 15.9. The number of carboxylic acids is 1. The van der Waals surface area contributed by atoms with E-state index >= 15 is 0 Å². The van der Waals surface area contributed by atoms with Gasteiger partial charge in [0.05, 0.1) is 5.75 Å². The molecule has 1 aromatic rings. The van der Waals surface area contributed by atoms with Crippen molar-refractivity contribution in [1.82, 2.24) is 4.72 Å². The molecule has 21 heavy (non-hydrogen) atoms. The summed E-state index contributed by atoms with van der Waals surface area (Å²) in [5.74, 6) is -0.871. The molecule has 0 aromatic heterocycles. The van der Waals surface area contributed by atoms with Crippen LogP contribution in [-0.4, -0.2) is 25.2 Å². The summed E-state index contributed by atoms with van der Waals surface area (Å²) in [6.07, 6.45) is 4.02. The summed E-state index contributed by atoms with van der Waals surface area (Å²) < 4.78 is 26.3. The Morgan fingerprint density at radius 2 is 1.95 bits per heavy atom. The van der Waals surface area contributed by atoms with Crippen LogP contribution in [0.25, 0.3) is 6.08 Å². The van der Waals surface area contributed by atoms with E-state index in [-0.39, 0.29) is 11.8 Å². The van der Waals surface area contributed by atoms with Crippen LogP contribution in [0, 0.1) is 0 Å². The van der Waals surface area contributed by atoms with E-state index in [1.54, 1.807) is 31.2 Å². The van der Waals surface area contributed by atoms with E-state index in [0.717, 1.165) is 23.6 Å². The summed E-state index contributed by atoms with van der Waals surface area (Å²) in [6.45, 7) is 3.73. The van der Waals surface area contributed by atoms with Crippen LogP contribution in [0.3, 0.4) is 0 Å². The largest absolute Gasteiger partial charge is 0.478 e. The Kier molecular flexibility index (Phi) is 6.58. The molecule has 0 fully saturated rings. The smallest absolute Gasteiger partial charge is 0.328 e. The molecule has 1 atom stereocenters. The maximum absolute atomic E-state index is 11.8. The number of rotatable bonds is 8. The van der Waals surface area contributed by atoms with Gasteiger partial charge >= 0.3 is 5.97 Å². The Hall–Kier alpha value is -1.66. The molecule has 0 aliphatic rings. The number of nitrogens with one attached hydrogen (secondary N) is 1. The molecule has 0 saturated heterocycles. The highest BCUT2D eigenvalue weighted by molar-refractivity contribution is 7.89. The van der Waals surface area contributed by atoms with Crippen LogP contribution in [-0.2, 0) is 14.8 Å². The number of benzene rings is 1. The normalized spacial score (nSPS) is 13.4.